The molecule has 1 aliphatic rings. The van der Waals surface area contributed by atoms with Crippen molar-refractivity contribution in [3.8, 4) is 0 Å². The molecule has 0 fully saturated rings. The summed E-state index contributed by atoms with van der Waals surface area (Å²) in [6.07, 6.45) is 0. The van der Waals surface area contributed by atoms with Gasteiger partial charge in [-0.25, -0.2) is 0 Å². The van der Waals surface area contributed by atoms with E-state index in [-0.39, 0.29) is 0 Å². The van der Waals surface area contributed by atoms with Gasteiger partial charge in [0.25, 0.3) is 0 Å². The molecule has 21 nitrogen and oxygen atoms in total. The molecule has 1 heterocycles. The van der Waals surface area contributed by atoms with E-state index in [1.807, 2.05) is 0 Å². The van der Waals surface area contributed by atoms with Gasteiger partial charge in [0, 0.05) is 13.5 Å². The molecule has 24 heavy (non-hydrogen) atoms. The Kier molecular flexibility index (Phi) is 4.48. The van der Waals surface area contributed by atoms with Crippen LogP contribution in [0.4, 0.5) is 0 Å². The first-order valence-corrected chi connectivity index (χ1v) is 9.39. The minimum atomic E-state index is -6.06. The topological polar surface area (TPSA) is 296 Å². The molecule has 0 spiro atoms. The van der Waals surface area contributed by atoms with Gasteiger partial charge in [-0.1, -0.05) is 0 Å². The maximum Gasteiger partial charge on any atom is 0.725 e. The standard InChI is InChI=1S/N9O12P3/c10-4(11)22(5(12)13)1-23(6(14)15,7(16)17)3-24(2-22,8(18)19)9(20)21. The highest BCUT2D eigenvalue weighted by Crippen LogP contribution is 2.78. The Balaban J connectivity index is 4.43. The Morgan fingerprint density at radius 2 is 0.542 bits per heavy atom. The third-order valence-corrected chi connectivity index (χ3v) is 10.4. The van der Waals surface area contributed by atoms with Crippen LogP contribution in [0.25, 0.3) is 0 Å². The van der Waals surface area contributed by atoms with E-state index in [9.17, 15) is 60.7 Å². The molecule has 0 aromatic carbocycles. The second-order valence-corrected chi connectivity index (χ2v) is 10.6. The SMILES string of the molecule is O=[N+]([O-])P1([N+](=O)[O-])=NP([N+](=O)[O-])([N+](=O)[O-])=NP([N+](=O)[O-])([N+](=O)[O-])=N1. The first kappa shape index (κ1) is 19.1. The lowest BCUT2D eigenvalue weighted by Crippen LogP contribution is -2.15. The molecule has 0 bridgehead atoms. The summed E-state index contributed by atoms with van der Waals surface area (Å²) in [6.45, 7) is 0. The smallest absolute Gasteiger partial charge is 0.256 e. The molecule has 132 valence electrons. The number of nitrogens with zero attached hydrogens (tertiary/aromatic N) is 9. The van der Waals surface area contributed by atoms with E-state index in [0.29, 0.717) is 0 Å². The van der Waals surface area contributed by atoms with E-state index < -0.39 is 50.7 Å². The van der Waals surface area contributed by atoms with Crippen LogP contribution in [-0.4, -0.2) is 28.2 Å². The maximum absolute atomic E-state index is 10.9. The highest BCUT2D eigenvalue weighted by Gasteiger charge is 2.76. The van der Waals surface area contributed by atoms with Crippen molar-refractivity contribution in [3.63, 3.8) is 0 Å². The van der Waals surface area contributed by atoms with Crippen LogP contribution in [0.2, 0.25) is 0 Å². The van der Waals surface area contributed by atoms with Gasteiger partial charge in [-0.2, -0.15) is 0 Å². The zero-order chi connectivity index (χ0) is 19.1. The van der Waals surface area contributed by atoms with E-state index in [0.717, 1.165) is 0 Å². The van der Waals surface area contributed by atoms with Crippen LogP contribution in [-0.2, 0) is 0 Å². The van der Waals surface area contributed by atoms with Gasteiger partial charge < -0.3 is 0 Å². The lowest BCUT2D eigenvalue weighted by molar-refractivity contribution is -0.446. The van der Waals surface area contributed by atoms with E-state index in [2.05, 4.69) is 13.5 Å². The van der Waals surface area contributed by atoms with Crippen molar-refractivity contribution in [1.82, 2.24) is 0 Å². The average molecular weight is 411 g/mol. The molecular formula is N9O12P3. The van der Waals surface area contributed by atoms with Crippen molar-refractivity contribution >= 4 is 22.5 Å². The summed E-state index contributed by atoms with van der Waals surface area (Å²) in [5, 5.41) is 65.5. The Morgan fingerprint density at radius 3 is 0.625 bits per heavy atom. The Bertz CT molecular complexity index is 690. The Morgan fingerprint density at radius 1 is 0.417 bits per heavy atom. The van der Waals surface area contributed by atoms with Crippen molar-refractivity contribution in [2.24, 2.45) is 13.5 Å². The largest absolute Gasteiger partial charge is 0.725 e. The van der Waals surface area contributed by atoms with Crippen molar-refractivity contribution in [2.45, 2.75) is 0 Å². The van der Waals surface area contributed by atoms with E-state index in [1.165, 1.54) is 0 Å². The van der Waals surface area contributed by atoms with Gasteiger partial charge in [-0.3, -0.25) is 60.7 Å². The Labute approximate surface area is 126 Å². The summed E-state index contributed by atoms with van der Waals surface area (Å²) in [7, 11) is -18.2. The van der Waals surface area contributed by atoms with Crippen molar-refractivity contribution in [2.75, 3.05) is 0 Å². The summed E-state index contributed by atoms with van der Waals surface area (Å²) in [4.78, 5) is 65.5. The molecule has 1 rings (SSSR count). The highest BCUT2D eigenvalue weighted by molar-refractivity contribution is 7.75. The summed E-state index contributed by atoms with van der Waals surface area (Å²) >= 11 is 0. The van der Waals surface area contributed by atoms with Crippen LogP contribution in [0.1, 0.15) is 0 Å². The second kappa shape index (κ2) is 5.62. The molecule has 0 saturated heterocycles. The maximum atomic E-state index is 10.9. The van der Waals surface area contributed by atoms with Crippen LogP contribution in [0.15, 0.2) is 13.5 Å². The highest BCUT2D eigenvalue weighted by atomic mass is 31.3. The van der Waals surface area contributed by atoms with Gasteiger partial charge >= 0.3 is 22.5 Å². The van der Waals surface area contributed by atoms with Crippen LogP contribution >= 0.6 is 22.5 Å². The van der Waals surface area contributed by atoms with E-state index >= 15 is 0 Å². The third-order valence-electron chi connectivity index (χ3n) is 2.03. The number of nitro groups is 6. The van der Waals surface area contributed by atoms with Gasteiger partial charge in [0.15, 0.2) is 0 Å². The monoisotopic (exact) mass is 411 g/mol. The van der Waals surface area contributed by atoms with E-state index in [1.54, 1.807) is 0 Å². The molecule has 0 atom stereocenters. The van der Waals surface area contributed by atoms with Gasteiger partial charge in [-0.05, 0) is 0 Å². The third kappa shape index (κ3) is 2.39. The molecule has 0 amide bonds. The molecule has 0 aromatic rings. The lowest BCUT2D eigenvalue weighted by Gasteiger charge is -2.08. The van der Waals surface area contributed by atoms with Gasteiger partial charge in [0.1, 0.15) is 28.2 Å². The van der Waals surface area contributed by atoms with Crippen LogP contribution in [0.3, 0.4) is 0 Å². The zero-order valence-electron chi connectivity index (χ0n) is 10.3. The molecule has 0 saturated carbocycles. The van der Waals surface area contributed by atoms with Crippen molar-refractivity contribution in [1.29, 1.82) is 0 Å². The normalized spacial score (nSPS) is 19.5. The van der Waals surface area contributed by atoms with Crippen molar-refractivity contribution in [3.05, 3.63) is 60.7 Å². The second-order valence-electron chi connectivity index (χ2n) is 3.31. The molecule has 0 aromatic heterocycles. The Hall–Kier alpha value is -2.91. The number of rotatable bonds is 6. The fourth-order valence-corrected chi connectivity index (χ4v) is 9.86. The summed E-state index contributed by atoms with van der Waals surface area (Å²) < 4.78 is -5.36. The average Bonchev–Trinajstić information content (AvgIpc) is 2.44. The molecule has 24 heteroatoms. The van der Waals surface area contributed by atoms with Crippen molar-refractivity contribution < 1.29 is 28.2 Å². The summed E-state index contributed by atoms with van der Waals surface area (Å²) in [5.74, 6) is 0. The quantitative estimate of drug-likeness (QED) is 0.341. The molecule has 0 unspecified atom stereocenters. The molecule has 0 N–H and O–H groups in total. The van der Waals surface area contributed by atoms with Gasteiger partial charge in [0.05, 0.1) is 0 Å². The molecule has 0 radical (unpaired) electrons. The fraction of sp³-hybridized carbons (Fsp3) is 0. The summed E-state index contributed by atoms with van der Waals surface area (Å²) in [5.41, 5.74) is 0. The predicted octanol–water partition coefficient (Wildman–Crippen LogP) is 1.50. The van der Waals surface area contributed by atoms with Crippen LogP contribution in [0.5, 0.6) is 0 Å². The van der Waals surface area contributed by atoms with Gasteiger partial charge in [0.2, 0.25) is 0 Å². The zero-order valence-corrected chi connectivity index (χ0v) is 12.9. The minimum Gasteiger partial charge on any atom is -0.256 e. The minimum absolute atomic E-state index is 2.05. The molecular weight excluding hydrogens is 411 g/mol. The van der Waals surface area contributed by atoms with Crippen LogP contribution < -0.4 is 0 Å². The first-order chi connectivity index (χ1) is 10.8. The van der Waals surface area contributed by atoms with Crippen LogP contribution in [0, 0.1) is 60.7 Å². The van der Waals surface area contributed by atoms with E-state index in [4.69, 9.17) is 0 Å². The number of hydrogen-bond donors (Lipinski definition) is 0. The fourth-order valence-electron chi connectivity index (χ4n) is 1.11. The predicted molar refractivity (Wildman–Crippen MR) is 70.0 cm³/mol. The lowest BCUT2D eigenvalue weighted by atomic mass is 13.3. The molecule has 1 aliphatic heterocycles. The first-order valence-electron chi connectivity index (χ1n) is 4.59. The van der Waals surface area contributed by atoms with Gasteiger partial charge in [-0.15, -0.1) is 0 Å². The molecule has 0 aliphatic carbocycles. The summed E-state index contributed by atoms with van der Waals surface area (Å²) in [6, 6.07) is 0. The number of hydrogen-bond acceptors (Lipinski definition) is 15.